The van der Waals surface area contributed by atoms with Crippen LogP contribution in [-0.4, -0.2) is 30.9 Å². The number of benzene rings is 5. The van der Waals surface area contributed by atoms with Crippen LogP contribution in [0.5, 0.6) is 5.75 Å². The van der Waals surface area contributed by atoms with Crippen LogP contribution < -0.4 is 19.9 Å². The van der Waals surface area contributed by atoms with E-state index in [0.29, 0.717) is 23.6 Å². The van der Waals surface area contributed by atoms with Gasteiger partial charge in [-0.15, -0.1) is 0 Å². The van der Waals surface area contributed by atoms with Gasteiger partial charge in [0.15, 0.2) is 0 Å². The van der Waals surface area contributed by atoms with E-state index in [2.05, 4.69) is 58.7 Å². The first kappa shape index (κ1) is 31.3. The van der Waals surface area contributed by atoms with Gasteiger partial charge in [0, 0.05) is 36.2 Å². The smallest absolute Gasteiger partial charge is 0.335 e. The molecule has 0 radical (unpaired) electrons. The minimum absolute atomic E-state index is 0.0906. The van der Waals surface area contributed by atoms with E-state index in [1.54, 1.807) is 6.07 Å². The number of carbonyl (C=O) groups excluding carboxylic acids is 3. The summed E-state index contributed by atoms with van der Waals surface area (Å²) >= 11 is 0. The lowest BCUT2D eigenvalue weighted by atomic mass is 9.76. The van der Waals surface area contributed by atoms with E-state index in [-0.39, 0.29) is 17.4 Å². The minimum Gasteiger partial charge on any atom is -0.488 e. The Morgan fingerprint density at radius 3 is 1.94 bits per heavy atom. The molecule has 4 amide bonds. The Morgan fingerprint density at radius 1 is 0.740 bits per heavy atom. The quantitative estimate of drug-likeness (QED) is 0.141. The molecule has 3 aliphatic heterocycles. The number of nitrogens with zero attached hydrogens (tertiary/aromatic N) is 2. The van der Waals surface area contributed by atoms with Crippen LogP contribution in [0.2, 0.25) is 0 Å². The Balaban J connectivity index is 1.20. The molecule has 1 fully saturated rings. The maximum absolute atomic E-state index is 14.3. The third-order valence-electron chi connectivity index (χ3n) is 10.1. The van der Waals surface area contributed by atoms with Crippen LogP contribution in [-0.2, 0) is 16.2 Å². The number of hydrogen-bond acceptors (Lipinski definition) is 5. The van der Waals surface area contributed by atoms with E-state index in [4.69, 9.17) is 4.74 Å². The van der Waals surface area contributed by atoms with Gasteiger partial charge in [-0.05, 0) is 71.9 Å². The number of rotatable bonds is 7. The predicted octanol–water partition coefficient (Wildman–Crippen LogP) is 8.12. The van der Waals surface area contributed by atoms with Crippen LogP contribution in [0.1, 0.15) is 63.6 Å². The highest BCUT2D eigenvalue weighted by Crippen LogP contribution is 2.50. The molecule has 0 aliphatic carbocycles. The second-order valence-corrected chi connectivity index (χ2v) is 13.2. The van der Waals surface area contributed by atoms with Crippen molar-refractivity contribution >= 4 is 35.3 Å². The van der Waals surface area contributed by atoms with Gasteiger partial charge >= 0.3 is 6.03 Å². The standard InChI is InChI=1S/C43H37N3O4/c1-28-16-18-29(19-17-28)27-50-39-15-9-8-14-32(39)24-38-41(47)44-43(49)46(42(38)48)33-25-36-34(30-10-4-2-5-11-30)20-22-45-23-21-35(37(26-33)40(36)45)31-12-6-3-7-13-31/h2-19,24-26,34-35H,20-23,27H2,1H3,(H,44,47,49)/b38-24+/t34-,35-/m0/s1. The molecule has 3 aliphatic rings. The van der Waals surface area contributed by atoms with Crippen molar-refractivity contribution in [2.24, 2.45) is 0 Å². The van der Waals surface area contributed by atoms with Crippen LogP contribution in [0.25, 0.3) is 6.08 Å². The molecule has 5 aromatic rings. The molecule has 7 heteroatoms. The number of para-hydroxylation sites is 1. The molecular formula is C43H37N3O4. The molecule has 8 rings (SSSR count). The summed E-state index contributed by atoms with van der Waals surface area (Å²) < 4.78 is 6.15. The topological polar surface area (TPSA) is 79.0 Å². The maximum atomic E-state index is 14.3. The average molecular weight is 660 g/mol. The molecule has 2 atom stereocenters. The van der Waals surface area contributed by atoms with Gasteiger partial charge in [-0.3, -0.25) is 14.9 Å². The Kier molecular flexibility index (Phi) is 8.25. The van der Waals surface area contributed by atoms with E-state index in [1.807, 2.05) is 73.7 Å². The molecule has 248 valence electrons. The summed E-state index contributed by atoms with van der Waals surface area (Å²) in [7, 11) is 0. The SMILES string of the molecule is Cc1ccc(COc2ccccc2/C=C2\C(=O)NC(=O)N(c3cc4c5c(c3)[C@H](c3ccccc3)CCN5CC[C@H]4c3ccccc3)C2=O)cc1. The number of anilines is 2. The lowest BCUT2D eigenvalue weighted by Gasteiger charge is -2.44. The van der Waals surface area contributed by atoms with E-state index in [0.717, 1.165) is 53.1 Å². The number of nitrogens with one attached hydrogen (secondary N) is 1. The fourth-order valence-corrected chi connectivity index (χ4v) is 7.59. The number of urea groups is 1. The Hall–Kier alpha value is -5.95. The molecule has 1 N–H and O–H groups in total. The normalized spacial score (nSPS) is 19.3. The molecule has 0 spiro atoms. The third kappa shape index (κ3) is 5.85. The first-order valence-electron chi connectivity index (χ1n) is 17.2. The highest BCUT2D eigenvalue weighted by molar-refractivity contribution is 6.39. The van der Waals surface area contributed by atoms with Crippen molar-refractivity contribution in [1.82, 2.24) is 5.32 Å². The molecule has 0 bridgehead atoms. The fraction of sp³-hybridized carbons (Fsp3) is 0.186. The van der Waals surface area contributed by atoms with Crippen molar-refractivity contribution in [3.05, 3.63) is 166 Å². The average Bonchev–Trinajstić information content (AvgIpc) is 3.14. The summed E-state index contributed by atoms with van der Waals surface area (Å²) in [6.07, 6.45) is 3.35. The van der Waals surface area contributed by atoms with Gasteiger partial charge in [0.2, 0.25) is 0 Å². The minimum atomic E-state index is -0.760. The zero-order valence-corrected chi connectivity index (χ0v) is 27.8. The number of aryl methyl sites for hydroxylation is 1. The van der Waals surface area contributed by atoms with Gasteiger partial charge in [0.05, 0.1) is 5.69 Å². The van der Waals surface area contributed by atoms with Crippen LogP contribution in [0, 0.1) is 6.92 Å². The molecule has 50 heavy (non-hydrogen) atoms. The van der Waals surface area contributed by atoms with Crippen molar-refractivity contribution in [2.75, 3.05) is 22.9 Å². The summed E-state index contributed by atoms with van der Waals surface area (Å²) in [4.78, 5) is 44.9. The Bertz CT molecular complexity index is 2050. The zero-order chi connectivity index (χ0) is 34.2. The molecular weight excluding hydrogens is 622 g/mol. The van der Waals surface area contributed by atoms with Crippen LogP contribution >= 0.6 is 0 Å². The van der Waals surface area contributed by atoms with Crippen molar-refractivity contribution < 1.29 is 19.1 Å². The summed E-state index contributed by atoms with van der Waals surface area (Å²) in [5.74, 6) is -0.699. The largest absolute Gasteiger partial charge is 0.488 e. The van der Waals surface area contributed by atoms with E-state index >= 15 is 0 Å². The van der Waals surface area contributed by atoms with E-state index in [1.165, 1.54) is 22.9 Å². The van der Waals surface area contributed by atoms with Crippen molar-refractivity contribution in [3.63, 3.8) is 0 Å². The molecule has 0 aromatic heterocycles. The second kappa shape index (κ2) is 13.2. The molecule has 5 aromatic carbocycles. The highest BCUT2D eigenvalue weighted by Gasteiger charge is 2.40. The third-order valence-corrected chi connectivity index (χ3v) is 10.1. The number of carbonyl (C=O) groups is 3. The van der Waals surface area contributed by atoms with Crippen LogP contribution in [0.4, 0.5) is 16.2 Å². The first-order chi connectivity index (χ1) is 24.4. The van der Waals surface area contributed by atoms with Gasteiger partial charge in [0.1, 0.15) is 17.9 Å². The summed E-state index contributed by atoms with van der Waals surface area (Å²) in [5, 5.41) is 2.45. The lowest BCUT2D eigenvalue weighted by molar-refractivity contribution is -0.122. The van der Waals surface area contributed by atoms with Gasteiger partial charge in [-0.25, -0.2) is 9.69 Å². The number of ether oxygens (including phenoxy) is 1. The Labute approximate surface area is 291 Å². The predicted molar refractivity (Wildman–Crippen MR) is 195 cm³/mol. The van der Waals surface area contributed by atoms with Crippen LogP contribution in [0.15, 0.2) is 127 Å². The number of imide groups is 2. The van der Waals surface area contributed by atoms with Gasteiger partial charge in [-0.1, -0.05) is 109 Å². The molecule has 3 heterocycles. The van der Waals surface area contributed by atoms with E-state index < -0.39 is 17.8 Å². The van der Waals surface area contributed by atoms with Gasteiger partial charge in [-0.2, -0.15) is 0 Å². The lowest BCUT2D eigenvalue weighted by Crippen LogP contribution is -2.54. The van der Waals surface area contributed by atoms with Gasteiger partial charge < -0.3 is 9.64 Å². The highest BCUT2D eigenvalue weighted by atomic mass is 16.5. The second-order valence-electron chi connectivity index (χ2n) is 13.2. The number of hydrogen-bond donors (Lipinski definition) is 1. The summed E-state index contributed by atoms with van der Waals surface area (Å²) in [6.45, 7) is 4.21. The van der Waals surface area contributed by atoms with E-state index in [9.17, 15) is 14.4 Å². The zero-order valence-electron chi connectivity index (χ0n) is 27.8. The monoisotopic (exact) mass is 659 g/mol. The van der Waals surface area contributed by atoms with Crippen molar-refractivity contribution in [3.8, 4) is 5.75 Å². The first-order valence-corrected chi connectivity index (χ1v) is 17.2. The Morgan fingerprint density at radius 2 is 1.32 bits per heavy atom. The number of barbiturate groups is 1. The van der Waals surface area contributed by atoms with Gasteiger partial charge in [0.25, 0.3) is 11.8 Å². The summed E-state index contributed by atoms with van der Waals surface area (Å²) in [5.41, 5.74) is 8.80. The molecule has 0 unspecified atom stereocenters. The molecule has 7 nitrogen and oxygen atoms in total. The molecule has 1 saturated heterocycles. The summed E-state index contributed by atoms with van der Waals surface area (Å²) in [6, 6.07) is 39.4. The van der Waals surface area contributed by atoms with Crippen molar-refractivity contribution in [2.45, 2.75) is 38.2 Å². The maximum Gasteiger partial charge on any atom is 0.335 e. The fourth-order valence-electron chi connectivity index (χ4n) is 7.59. The molecule has 0 saturated carbocycles. The van der Waals surface area contributed by atoms with Crippen LogP contribution in [0.3, 0.4) is 0 Å². The van der Waals surface area contributed by atoms with Crippen molar-refractivity contribution in [1.29, 1.82) is 0 Å². The number of amides is 4.